The fraction of sp³-hybridized carbons (Fsp3) is 0.182. The van der Waals surface area contributed by atoms with E-state index >= 15 is 0 Å². The number of amides is 1. The molecule has 1 N–H and O–H groups in total. The summed E-state index contributed by atoms with van der Waals surface area (Å²) in [7, 11) is 0. The van der Waals surface area contributed by atoms with E-state index < -0.39 is 17.0 Å². The minimum Gasteiger partial charge on any atom is -0.464 e. The van der Waals surface area contributed by atoms with Crippen molar-refractivity contribution in [2.24, 2.45) is 5.92 Å². The molecule has 0 radical (unpaired) electrons. The van der Waals surface area contributed by atoms with Gasteiger partial charge in [-0.15, -0.1) is 10.2 Å². The molecule has 0 spiro atoms. The van der Waals surface area contributed by atoms with Gasteiger partial charge in [-0.1, -0.05) is 41.3 Å². The lowest BCUT2D eigenvalue weighted by Gasteiger charge is -2.04. The van der Waals surface area contributed by atoms with Crippen molar-refractivity contribution < 1.29 is 23.2 Å². The molecular weight excluding hydrogens is 482 g/mol. The number of ether oxygens (including phenoxy) is 1. The molecule has 0 atom stereocenters. The van der Waals surface area contributed by atoms with Crippen LogP contribution in [0.15, 0.2) is 65.4 Å². The molecule has 1 aliphatic carbocycles. The maximum Gasteiger partial charge on any atom is 0.351 e. The second-order valence-corrected chi connectivity index (χ2v) is 9.58. The minimum absolute atomic E-state index is 0.0507. The maximum atomic E-state index is 12.4. The third-order valence-corrected chi connectivity index (χ3v) is 6.83. The van der Waals surface area contributed by atoms with Crippen LogP contribution in [0.5, 0.6) is 5.75 Å². The van der Waals surface area contributed by atoms with E-state index in [9.17, 15) is 19.2 Å². The minimum atomic E-state index is -1.02. The molecule has 3 aromatic heterocycles. The Labute approximate surface area is 199 Å². The molecule has 0 unspecified atom stereocenters. The van der Waals surface area contributed by atoms with Gasteiger partial charge in [-0.05, 0) is 25.0 Å². The van der Waals surface area contributed by atoms with Gasteiger partial charge in [0.05, 0.1) is 5.75 Å². The lowest BCUT2D eigenvalue weighted by molar-refractivity contribution is -0.117. The molecule has 0 saturated heterocycles. The van der Waals surface area contributed by atoms with Crippen molar-refractivity contribution in [3.8, 4) is 5.75 Å². The first-order valence-electron chi connectivity index (χ1n) is 10.1. The van der Waals surface area contributed by atoms with Gasteiger partial charge in [0.2, 0.25) is 22.2 Å². The third-order valence-electron chi connectivity index (χ3n) is 4.84. The summed E-state index contributed by atoms with van der Waals surface area (Å²) in [6.07, 6.45) is 2.80. The van der Waals surface area contributed by atoms with Crippen molar-refractivity contribution in [3.63, 3.8) is 0 Å². The highest BCUT2D eigenvalue weighted by atomic mass is 32.2. The first kappa shape index (κ1) is 22.0. The van der Waals surface area contributed by atoms with Crippen molar-refractivity contribution >= 4 is 51.1 Å². The predicted molar refractivity (Wildman–Crippen MR) is 123 cm³/mol. The Bertz CT molecular complexity index is 1520. The molecule has 0 bridgehead atoms. The van der Waals surface area contributed by atoms with Gasteiger partial charge < -0.3 is 18.9 Å². The Morgan fingerprint density at radius 3 is 2.79 bits per heavy atom. The molecule has 1 fully saturated rings. The average molecular weight is 498 g/mol. The van der Waals surface area contributed by atoms with E-state index in [0.717, 1.165) is 19.1 Å². The normalized spacial score (nSPS) is 13.1. The number of anilines is 1. The molecule has 10 nitrogen and oxygen atoms in total. The lowest BCUT2D eigenvalue weighted by Crippen LogP contribution is -2.21. The monoisotopic (exact) mass is 497 g/mol. The van der Waals surface area contributed by atoms with E-state index in [0.29, 0.717) is 26.2 Å². The Morgan fingerprint density at radius 2 is 2.00 bits per heavy atom. The topological polar surface area (TPSA) is 142 Å². The van der Waals surface area contributed by atoms with Crippen LogP contribution in [-0.2, 0) is 10.5 Å². The van der Waals surface area contributed by atoms with Gasteiger partial charge in [0.25, 0.3) is 0 Å². The van der Waals surface area contributed by atoms with Crippen LogP contribution in [0.3, 0.4) is 0 Å². The third kappa shape index (κ3) is 4.92. The first-order valence-corrected chi connectivity index (χ1v) is 11.9. The summed E-state index contributed by atoms with van der Waals surface area (Å²) >= 11 is 2.50. The van der Waals surface area contributed by atoms with Crippen LogP contribution >= 0.6 is 23.1 Å². The number of aromatic nitrogens is 2. The summed E-state index contributed by atoms with van der Waals surface area (Å²) in [6.45, 7) is 0. The quantitative estimate of drug-likeness (QED) is 0.175. The summed E-state index contributed by atoms with van der Waals surface area (Å²) in [5.41, 5.74) is -1.46. The van der Waals surface area contributed by atoms with Gasteiger partial charge in [-0.2, -0.15) is 0 Å². The molecule has 34 heavy (non-hydrogen) atoms. The number of thioether (sulfide) groups is 1. The van der Waals surface area contributed by atoms with Crippen molar-refractivity contribution in [3.05, 3.63) is 74.6 Å². The summed E-state index contributed by atoms with van der Waals surface area (Å²) in [6, 6.07) is 9.25. The van der Waals surface area contributed by atoms with E-state index in [1.807, 2.05) is 0 Å². The second kappa shape index (κ2) is 9.23. The zero-order chi connectivity index (χ0) is 23.7. The molecule has 1 aromatic carbocycles. The average Bonchev–Trinajstić information content (AvgIpc) is 3.59. The highest BCUT2D eigenvalue weighted by Gasteiger charge is 2.30. The SMILES string of the molecule is O=C(Oc1coc(CSc2nnc(NC(=O)C3CC3)s2)cc1=O)c1cc2ccccc2oc1=O. The Morgan fingerprint density at radius 1 is 1.18 bits per heavy atom. The van der Waals surface area contributed by atoms with Gasteiger partial charge in [-0.25, -0.2) is 9.59 Å². The lowest BCUT2D eigenvalue weighted by atomic mass is 10.2. The van der Waals surface area contributed by atoms with E-state index in [1.165, 1.54) is 35.2 Å². The highest BCUT2D eigenvalue weighted by Crippen LogP contribution is 2.32. The fourth-order valence-corrected chi connectivity index (χ4v) is 4.60. The fourth-order valence-electron chi connectivity index (χ4n) is 2.95. The number of rotatable bonds is 7. The van der Waals surface area contributed by atoms with E-state index in [4.69, 9.17) is 13.6 Å². The van der Waals surface area contributed by atoms with Crippen LogP contribution in [0, 0.1) is 5.92 Å². The van der Waals surface area contributed by atoms with E-state index in [-0.39, 0.29) is 28.9 Å². The number of nitrogens with zero attached hydrogens (tertiary/aromatic N) is 2. The Balaban J connectivity index is 1.23. The number of nitrogens with one attached hydrogen (secondary N) is 1. The van der Waals surface area contributed by atoms with Crippen molar-refractivity contribution in [1.82, 2.24) is 10.2 Å². The van der Waals surface area contributed by atoms with Gasteiger partial charge in [0.1, 0.15) is 23.2 Å². The number of fused-ring (bicyclic) bond motifs is 1. The molecule has 12 heteroatoms. The van der Waals surface area contributed by atoms with Crippen LogP contribution in [0.2, 0.25) is 0 Å². The van der Waals surface area contributed by atoms with Crippen LogP contribution in [0.25, 0.3) is 11.0 Å². The van der Waals surface area contributed by atoms with Crippen LogP contribution < -0.4 is 21.1 Å². The second-order valence-electron chi connectivity index (χ2n) is 7.38. The standard InChI is InChI=1S/C22H15N3O7S2/c26-15-8-13(10-33-22-25-24-21(34-22)23-18(27)11-5-6-11)30-9-17(15)32-20(29)14-7-12-3-1-2-4-16(12)31-19(14)28/h1-4,7-9,11H,5-6,10H2,(H,23,24,27). The smallest absolute Gasteiger partial charge is 0.351 e. The van der Waals surface area contributed by atoms with Crippen LogP contribution in [-0.4, -0.2) is 22.1 Å². The van der Waals surface area contributed by atoms with Crippen LogP contribution in [0.4, 0.5) is 5.13 Å². The van der Waals surface area contributed by atoms with Gasteiger partial charge in [0.15, 0.2) is 4.34 Å². The molecule has 3 heterocycles. The Hall–Kier alpha value is -3.77. The number of para-hydroxylation sites is 1. The molecule has 0 aliphatic heterocycles. The number of hydrogen-bond acceptors (Lipinski definition) is 11. The number of benzene rings is 1. The van der Waals surface area contributed by atoms with E-state index in [2.05, 4.69) is 15.5 Å². The molecule has 4 aromatic rings. The molecule has 1 aliphatic rings. The molecule has 172 valence electrons. The zero-order valence-corrected chi connectivity index (χ0v) is 18.9. The number of carbonyl (C=O) groups is 2. The predicted octanol–water partition coefficient (Wildman–Crippen LogP) is 3.46. The highest BCUT2D eigenvalue weighted by molar-refractivity contribution is 8.00. The maximum absolute atomic E-state index is 12.4. The summed E-state index contributed by atoms with van der Waals surface area (Å²) in [5.74, 6) is -0.777. The van der Waals surface area contributed by atoms with Crippen molar-refractivity contribution in [2.45, 2.75) is 22.9 Å². The molecule has 5 rings (SSSR count). The van der Waals surface area contributed by atoms with Crippen molar-refractivity contribution in [2.75, 3.05) is 5.32 Å². The summed E-state index contributed by atoms with van der Waals surface area (Å²) < 4.78 is 16.2. The number of carbonyl (C=O) groups excluding carboxylic acids is 2. The van der Waals surface area contributed by atoms with E-state index in [1.54, 1.807) is 24.3 Å². The number of hydrogen-bond donors (Lipinski definition) is 1. The Kier molecular flexibility index (Phi) is 5.99. The zero-order valence-electron chi connectivity index (χ0n) is 17.3. The first-order chi connectivity index (χ1) is 16.5. The molecule has 1 saturated carbocycles. The van der Waals surface area contributed by atoms with Crippen molar-refractivity contribution in [1.29, 1.82) is 0 Å². The summed E-state index contributed by atoms with van der Waals surface area (Å²) in [5, 5.41) is 11.6. The van der Waals surface area contributed by atoms with Gasteiger partial charge in [-0.3, -0.25) is 9.59 Å². The van der Waals surface area contributed by atoms with Gasteiger partial charge >= 0.3 is 11.6 Å². The molecular formula is C22H15N3O7S2. The number of esters is 1. The van der Waals surface area contributed by atoms with Gasteiger partial charge in [0, 0.05) is 17.4 Å². The van der Waals surface area contributed by atoms with Crippen LogP contribution in [0.1, 0.15) is 29.0 Å². The molecule has 1 amide bonds. The summed E-state index contributed by atoms with van der Waals surface area (Å²) in [4.78, 5) is 48.7. The largest absolute Gasteiger partial charge is 0.464 e.